The van der Waals surface area contributed by atoms with Gasteiger partial charge in [-0.1, -0.05) is 13.0 Å². The molecule has 0 aromatic carbocycles. The summed E-state index contributed by atoms with van der Waals surface area (Å²) >= 11 is 0. The molecule has 1 unspecified atom stereocenters. The van der Waals surface area contributed by atoms with Crippen LogP contribution < -0.4 is 11.5 Å². The molecule has 0 aromatic heterocycles. The Morgan fingerprint density at radius 3 is 2.38 bits per heavy atom. The number of nitrogens with two attached hydrogens (primary N) is 2. The highest BCUT2D eigenvalue weighted by molar-refractivity contribution is 6.47. The molecular weight excluding hydrogens is 164 g/mol. The van der Waals surface area contributed by atoms with E-state index in [9.17, 15) is 0 Å². The zero-order chi connectivity index (χ0) is 10.2. The van der Waals surface area contributed by atoms with Gasteiger partial charge in [0.15, 0.2) is 0 Å². The van der Waals surface area contributed by atoms with Gasteiger partial charge in [-0.2, -0.15) is 0 Å². The highest BCUT2D eigenvalue weighted by Gasteiger charge is 2.20. The average Bonchev–Trinajstić information content (AvgIpc) is 2.15. The van der Waals surface area contributed by atoms with E-state index < -0.39 is 0 Å². The standard InChI is InChI=1S/C9H14N4/c1-4-3-6(10)8(12)5(2)9(13)7(4)11/h3-4,11,13H,10,12H2,1-2H3. The van der Waals surface area contributed by atoms with Gasteiger partial charge >= 0.3 is 0 Å². The maximum Gasteiger partial charge on any atom is 0.0804 e. The Hall–Kier alpha value is -1.58. The van der Waals surface area contributed by atoms with Crippen molar-refractivity contribution in [2.45, 2.75) is 13.8 Å². The highest BCUT2D eigenvalue weighted by atomic mass is 14.7. The first-order valence-corrected chi connectivity index (χ1v) is 4.07. The van der Waals surface area contributed by atoms with Crippen LogP contribution >= 0.6 is 0 Å². The lowest BCUT2D eigenvalue weighted by atomic mass is 9.99. The van der Waals surface area contributed by atoms with Crippen molar-refractivity contribution in [3.63, 3.8) is 0 Å². The van der Waals surface area contributed by atoms with Gasteiger partial charge < -0.3 is 16.9 Å². The Morgan fingerprint density at radius 1 is 1.31 bits per heavy atom. The number of hydrogen-bond donors (Lipinski definition) is 4. The summed E-state index contributed by atoms with van der Waals surface area (Å²) in [5.41, 5.74) is 13.3. The fraction of sp³-hybridized carbons (Fsp3) is 0.333. The summed E-state index contributed by atoms with van der Waals surface area (Å²) in [7, 11) is 0. The first-order chi connectivity index (χ1) is 5.95. The van der Waals surface area contributed by atoms with E-state index in [4.69, 9.17) is 22.3 Å². The lowest BCUT2D eigenvalue weighted by Crippen LogP contribution is -2.19. The number of allylic oxidation sites excluding steroid dienone is 2. The van der Waals surface area contributed by atoms with Crippen LogP contribution in [0, 0.1) is 16.7 Å². The molecular formula is C9H14N4. The summed E-state index contributed by atoms with van der Waals surface area (Å²) in [6, 6.07) is 0. The third-order valence-corrected chi connectivity index (χ3v) is 2.24. The molecule has 0 aliphatic heterocycles. The van der Waals surface area contributed by atoms with Gasteiger partial charge in [0.05, 0.1) is 22.8 Å². The molecule has 4 heteroatoms. The molecule has 4 nitrogen and oxygen atoms in total. The van der Waals surface area contributed by atoms with Gasteiger partial charge in [-0.25, -0.2) is 0 Å². The van der Waals surface area contributed by atoms with E-state index in [0.29, 0.717) is 17.0 Å². The van der Waals surface area contributed by atoms with Crippen molar-refractivity contribution < 1.29 is 0 Å². The van der Waals surface area contributed by atoms with Crippen molar-refractivity contribution in [1.29, 1.82) is 10.8 Å². The maximum absolute atomic E-state index is 7.64. The predicted molar refractivity (Wildman–Crippen MR) is 53.8 cm³/mol. The molecule has 0 fully saturated rings. The zero-order valence-electron chi connectivity index (χ0n) is 7.81. The minimum Gasteiger partial charge on any atom is -0.397 e. The fourth-order valence-corrected chi connectivity index (χ4v) is 1.22. The topological polar surface area (TPSA) is 99.7 Å². The van der Waals surface area contributed by atoms with Crippen LogP contribution in [0.2, 0.25) is 0 Å². The Labute approximate surface area is 77.3 Å². The Bertz CT molecular complexity index is 336. The van der Waals surface area contributed by atoms with Crippen molar-refractivity contribution in [2.75, 3.05) is 0 Å². The molecule has 0 radical (unpaired) electrons. The van der Waals surface area contributed by atoms with Gasteiger partial charge in [0.25, 0.3) is 0 Å². The molecule has 6 N–H and O–H groups in total. The highest BCUT2D eigenvalue weighted by Crippen LogP contribution is 2.17. The molecule has 1 aliphatic carbocycles. The van der Waals surface area contributed by atoms with Crippen LogP contribution in [-0.4, -0.2) is 11.4 Å². The van der Waals surface area contributed by atoms with E-state index >= 15 is 0 Å². The summed E-state index contributed by atoms with van der Waals surface area (Å²) in [5.74, 6) is -0.136. The zero-order valence-corrected chi connectivity index (χ0v) is 7.81. The third-order valence-electron chi connectivity index (χ3n) is 2.24. The predicted octanol–water partition coefficient (Wildman–Crippen LogP) is 0.751. The number of hydrogen-bond acceptors (Lipinski definition) is 4. The van der Waals surface area contributed by atoms with E-state index in [1.54, 1.807) is 13.0 Å². The van der Waals surface area contributed by atoms with Crippen molar-refractivity contribution in [3.05, 3.63) is 23.0 Å². The molecule has 0 spiro atoms. The van der Waals surface area contributed by atoms with Crippen LogP contribution in [0.5, 0.6) is 0 Å². The number of nitrogens with one attached hydrogen (secondary N) is 2. The minimum atomic E-state index is -0.136. The van der Waals surface area contributed by atoms with Gasteiger partial charge in [-0.15, -0.1) is 0 Å². The molecule has 0 saturated carbocycles. The molecule has 0 heterocycles. The number of rotatable bonds is 0. The molecule has 1 rings (SSSR count). The molecule has 0 aromatic rings. The smallest absolute Gasteiger partial charge is 0.0804 e. The molecule has 1 aliphatic rings. The summed E-state index contributed by atoms with van der Waals surface area (Å²) in [6.45, 7) is 3.54. The minimum absolute atomic E-state index is 0.136. The summed E-state index contributed by atoms with van der Waals surface area (Å²) in [5, 5.41) is 15.3. The molecule has 0 saturated heterocycles. The van der Waals surface area contributed by atoms with Crippen LogP contribution in [0.3, 0.4) is 0 Å². The van der Waals surface area contributed by atoms with Gasteiger partial charge in [0.2, 0.25) is 0 Å². The summed E-state index contributed by atoms with van der Waals surface area (Å²) < 4.78 is 0. The van der Waals surface area contributed by atoms with Gasteiger partial charge in [0, 0.05) is 11.5 Å². The van der Waals surface area contributed by atoms with E-state index in [2.05, 4.69) is 0 Å². The normalized spacial score (nSPS) is 24.5. The summed E-state index contributed by atoms with van der Waals surface area (Å²) in [6.07, 6.45) is 1.71. The largest absolute Gasteiger partial charge is 0.397 e. The van der Waals surface area contributed by atoms with Crippen molar-refractivity contribution in [2.24, 2.45) is 17.4 Å². The van der Waals surface area contributed by atoms with E-state index in [1.807, 2.05) is 6.92 Å². The Kier molecular flexibility index (Phi) is 2.23. The molecule has 13 heavy (non-hydrogen) atoms. The Balaban J connectivity index is 3.28. The van der Waals surface area contributed by atoms with Crippen LogP contribution in [0.1, 0.15) is 13.8 Å². The van der Waals surface area contributed by atoms with E-state index in [0.717, 1.165) is 0 Å². The third kappa shape index (κ3) is 1.47. The molecule has 70 valence electrons. The Morgan fingerprint density at radius 2 is 1.85 bits per heavy atom. The van der Waals surface area contributed by atoms with Crippen molar-refractivity contribution in [1.82, 2.24) is 0 Å². The van der Waals surface area contributed by atoms with Gasteiger partial charge in [-0.05, 0) is 6.92 Å². The van der Waals surface area contributed by atoms with Crippen molar-refractivity contribution >= 4 is 11.4 Å². The lowest BCUT2D eigenvalue weighted by Gasteiger charge is -2.07. The monoisotopic (exact) mass is 178 g/mol. The van der Waals surface area contributed by atoms with Crippen LogP contribution in [-0.2, 0) is 0 Å². The molecule has 1 atom stereocenters. The molecule has 0 bridgehead atoms. The second kappa shape index (κ2) is 3.05. The second-order valence-corrected chi connectivity index (χ2v) is 3.24. The first kappa shape index (κ1) is 9.51. The van der Waals surface area contributed by atoms with E-state index in [1.165, 1.54) is 0 Å². The average molecular weight is 178 g/mol. The quantitative estimate of drug-likeness (QED) is 0.440. The van der Waals surface area contributed by atoms with Crippen LogP contribution in [0.15, 0.2) is 23.0 Å². The fourth-order valence-electron chi connectivity index (χ4n) is 1.22. The second-order valence-electron chi connectivity index (χ2n) is 3.24. The van der Waals surface area contributed by atoms with Gasteiger partial charge in [0.1, 0.15) is 0 Å². The van der Waals surface area contributed by atoms with Crippen LogP contribution in [0.25, 0.3) is 0 Å². The van der Waals surface area contributed by atoms with Crippen molar-refractivity contribution in [3.8, 4) is 0 Å². The lowest BCUT2D eigenvalue weighted by molar-refractivity contribution is 0.980. The van der Waals surface area contributed by atoms with Crippen LogP contribution in [0.4, 0.5) is 0 Å². The van der Waals surface area contributed by atoms with Gasteiger partial charge in [-0.3, -0.25) is 5.41 Å². The summed E-state index contributed by atoms with van der Waals surface area (Å²) in [4.78, 5) is 0. The SMILES string of the molecule is CC1=C(N)C(N)=CC(C)C(=N)C1=N. The maximum atomic E-state index is 7.64. The van der Waals surface area contributed by atoms with E-state index in [-0.39, 0.29) is 17.3 Å². The first-order valence-electron chi connectivity index (χ1n) is 4.07. The molecule has 0 amide bonds.